The Morgan fingerprint density at radius 2 is 1.74 bits per heavy atom. The van der Waals surface area contributed by atoms with Gasteiger partial charge in [-0.3, -0.25) is 4.79 Å². The van der Waals surface area contributed by atoms with Crippen LogP contribution in [0.1, 0.15) is 18.1 Å². The topological polar surface area (TPSA) is 41.6 Å². The molecule has 1 amide bonds. The van der Waals surface area contributed by atoms with Crippen LogP contribution >= 0.6 is 0 Å². The summed E-state index contributed by atoms with van der Waals surface area (Å²) in [6.45, 7) is 3.31. The van der Waals surface area contributed by atoms with Crippen molar-refractivity contribution in [2.75, 3.05) is 26.2 Å². The summed E-state index contributed by atoms with van der Waals surface area (Å²) in [5.74, 6) is 1.04. The molecular weight excluding hydrogens is 288 g/mol. The first-order chi connectivity index (χ1) is 11.3. The minimum Gasteiger partial charge on any atom is -0.485 e. The molecule has 4 nitrogen and oxygen atoms in total. The molecule has 1 atom stereocenters. The third-order valence-corrected chi connectivity index (χ3v) is 4.58. The number of hydrogen-bond donors (Lipinski definition) is 1. The van der Waals surface area contributed by atoms with Crippen LogP contribution in [0.2, 0.25) is 0 Å². The Hall–Kier alpha value is -2.33. The Labute approximate surface area is 136 Å². The number of nitrogens with zero attached hydrogens (tertiary/aromatic N) is 1. The summed E-state index contributed by atoms with van der Waals surface area (Å²) in [6.07, 6.45) is 0.189. The minimum absolute atomic E-state index is 0.172. The highest BCUT2D eigenvalue weighted by atomic mass is 16.5. The molecule has 23 heavy (non-hydrogen) atoms. The molecule has 2 heterocycles. The van der Waals surface area contributed by atoms with Crippen LogP contribution in [0.4, 0.5) is 0 Å². The number of piperazine rings is 1. The highest BCUT2D eigenvalue weighted by Crippen LogP contribution is 2.43. The lowest BCUT2D eigenvalue weighted by Gasteiger charge is -2.32. The van der Waals surface area contributed by atoms with Crippen molar-refractivity contribution in [1.29, 1.82) is 0 Å². The molecule has 2 aliphatic rings. The van der Waals surface area contributed by atoms with E-state index in [2.05, 4.69) is 23.5 Å². The number of carbonyl (C=O) groups is 1. The maximum absolute atomic E-state index is 12.6. The zero-order valence-corrected chi connectivity index (χ0v) is 13.0. The van der Waals surface area contributed by atoms with Gasteiger partial charge in [0.15, 0.2) is 0 Å². The first-order valence-electron chi connectivity index (χ1n) is 8.16. The van der Waals surface area contributed by atoms with Crippen LogP contribution in [0.3, 0.4) is 0 Å². The molecule has 118 valence electrons. The van der Waals surface area contributed by atoms with Crippen LogP contribution in [-0.4, -0.2) is 37.0 Å². The molecule has 0 spiro atoms. The fourth-order valence-corrected chi connectivity index (χ4v) is 3.39. The lowest BCUT2D eigenvalue weighted by atomic mass is 9.91. The van der Waals surface area contributed by atoms with Crippen molar-refractivity contribution in [1.82, 2.24) is 10.2 Å². The fourth-order valence-electron chi connectivity index (χ4n) is 3.39. The number of para-hydroxylation sites is 1. The van der Waals surface area contributed by atoms with Gasteiger partial charge in [-0.05, 0) is 11.6 Å². The van der Waals surface area contributed by atoms with Crippen LogP contribution in [0.25, 0.3) is 11.1 Å². The number of rotatable bonds is 2. The average Bonchev–Trinajstić information content (AvgIpc) is 2.62. The minimum atomic E-state index is -0.205. The Bertz CT molecular complexity index is 723. The third kappa shape index (κ3) is 2.70. The summed E-state index contributed by atoms with van der Waals surface area (Å²) in [5, 5.41) is 3.28. The van der Waals surface area contributed by atoms with E-state index in [4.69, 9.17) is 4.74 Å². The maximum Gasteiger partial charge on any atom is 0.226 e. The zero-order valence-electron chi connectivity index (χ0n) is 13.0. The second-order valence-corrected chi connectivity index (χ2v) is 6.02. The van der Waals surface area contributed by atoms with E-state index in [9.17, 15) is 4.79 Å². The van der Waals surface area contributed by atoms with Crippen LogP contribution in [0.5, 0.6) is 5.75 Å². The van der Waals surface area contributed by atoms with Crippen molar-refractivity contribution in [3.8, 4) is 16.9 Å². The highest BCUT2D eigenvalue weighted by molar-refractivity contribution is 5.80. The van der Waals surface area contributed by atoms with Crippen molar-refractivity contribution >= 4 is 5.91 Å². The number of nitrogens with one attached hydrogen (secondary N) is 1. The first-order valence-corrected chi connectivity index (χ1v) is 8.16. The largest absolute Gasteiger partial charge is 0.485 e. The van der Waals surface area contributed by atoms with E-state index in [1.807, 2.05) is 35.2 Å². The zero-order chi connectivity index (χ0) is 15.6. The molecule has 1 unspecified atom stereocenters. The monoisotopic (exact) mass is 308 g/mol. The molecule has 0 radical (unpaired) electrons. The van der Waals surface area contributed by atoms with Crippen LogP contribution < -0.4 is 10.1 Å². The molecule has 0 aliphatic carbocycles. The van der Waals surface area contributed by atoms with E-state index in [1.165, 1.54) is 5.56 Å². The lowest BCUT2D eigenvalue weighted by Crippen LogP contribution is -2.46. The molecule has 2 aromatic rings. The molecule has 4 heteroatoms. The normalized spacial score (nSPS) is 19.5. The SMILES string of the molecule is O=C(CC1Oc2ccccc2-c2ccccc21)N1CCNCC1. The third-order valence-electron chi connectivity index (χ3n) is 4.58. The number of fused-ring (bicyclic) bond motifs is 3. The van der Waals surface area contributed by atoms with E-state index < -0.39 is 0 Å². The molecule has 0 aromatic heterocycles. The van der Waals surface area contributed by atoms with Crippen LogP contribution in [-0.2, 0) is 4.79 Å². The van der Waals surface area contributed by atoms with Gasteiger partial charge in [0.05, 0.1) is 6.42 Å². The molecular formula is C19H20N2O2. The molecule has 0 saturated carbocycles. The van der Waals surface area contributed by atoms with Gasteiger partial charge in [0, 0.05) is 37.3 Å². The highest BCUT2D eigenvalue weighted by Gasteiger charge is 2.29. The molecule has 1 saturated heterocycles. The van der Waals surface area contributed by atoms with Gasteiger partial charge in [-0.15, -0.1) is 0 Å². The van der Waals surface area contributed by atoms with Gasteiger partial charge in [0.1, 0.15) is 11.9 Å². The van der Waals surface area contributed by atoms with Crippen molar-refractivity contribution in [3.63, 3.8) is 0 Å². The summed E-state index contributed by atoms with van der Waals surface area (Å²) in [5.41, 5.74) is 3.39. The predicted octanol–water partition coefficient (Wildman–Crippen LogP) is 2.61. The van der Waals surface area contributed by atoms with Gasteiger partial charge in [0.2, 0.25) is 5.91 Å². The van der Waals surface area contributed by atoms with E-state index in [1.54, 1.807) is 0 Å². The average molecular weight is 308 g/mol. The quantitative estimate of drug-likeness (QED) is 0.927. The van der Waals surface area contributed by atoms with Crippen LogP contribution in [0, 0.1) is 0 Å². The van der Waals surface area contributed by atoms with Gasteiger partial charge in [-0.2, -0.15) is 0 Å². The van der Waals surface area contributed by atoms with Crippen molar-refractivity contribution in [3.05, 3.63) is 54.1 Å². The van der Waals surface area contributed by atoms with Gasteiger partial charge in [-0.1, -0.05) is 42.5 Å². The summed E-state index contributed by atoms with van der Waals surface area (Å²) in [6, 6.07) is 16.3. The molecule has 1 N–H and O–H groups in total. The first kappa shape index (κ1) is 14.3. The summed E-state index contributed by atoms with van der Waals surface area (Å²) >= 11 is 0. The smallest absolute Gasteiger partial charge is 0.226 e. The Morgan fingerprint density at radius 1 is 1.04 bits per heavy atom. The second kappa shape index (κ2) is 6.05. The Morgan fingerprint density at radius 3 is 2.57 bits per heavy atom. The Balaban J connectivity index is 1.61. The van der Waals surface area contributed by atoms with E-state index in [0.29, 0.717) is 6.42 Å². The summed E-state index contributed by atoms with van der Waals surface area (Å²) < 4.78 is 6.16. The molecule has 0 bridgehead atoms. The van der Waals surface area contributed by atoms with Gasteiger partial charge < -0.3 is 15.0 Å². The molecule has 1 fully saturated rings. The molecule has 2 aromatic carbocycles. The molecule has 2 aliphatic heterocycles. The number of benzene rings is 2. The number of ether oxygens (including phenoxy) is 1. The van der Waals surface area contributed by atoms with Gasteiger partial charge in [0.25, 0.3) is 0 Å². The standard InChI is InChI=1S/C19H20N2O2/c22-19(21-11-9-20-10-12-21)13-18-16-7-2-1-5-14(16)15-6-3-4-8-17(15)23-18/h1-8,18,20H,9-13H2. The lowest BCUT2D eigenvalue weighted by molar-refractivity contribution is -0.133. The summed E-state index contributed by atoms with van der Waals surface area (Å²) in [7, 11) is 0. The van der Waals surface area contributed by atoms with Crippen LogP contribution in [0.15, 0.2) is 48.5 Å². The van der Waals surface area contributed by atoms with Crippen molar-refractivity contribution < 1.29 is 9.53 Å². The van der Waals surface area contributed by atoms with Gasteiger partial charge >= 0.3 is 0 Å². The fraction of sp³-hybridized carbons (Fsp3) is 0.316. The van der Waals surface area contributed by atoms with E-state index in [0.717, 1.165) is 43.1 Å². The Kier molecular flexibility index (Phi) is 3.75. The number of hydrogen-bond acceptors (Lipinski definition) is 3. The van der Waals surface area contributed by atoms with E-state index >= 15 is 0 Å². The summed E-state index contributed by atoms with van der Waals surface area (Å²) in [4.78, 5) is 14.5. The molecule has 4 rings (SSSR count). The van der Waals surface area contributed by atoms with Crippen molar-refractivity contribution in [2.45, 2.75) is 12.5 Å². The van der Waals surface area contributed by atoms with Crippen molar-refractivity contribution in [2.24, 2.45) is 0 Å². The number of amides is 1. The van der Waals surface area contributed by atoms with Gasteiger partial charge in [-0.25, -0.2) is 0 Å². The second-order valence-electron chi connectivity index (χ2n) is 6.02. The van der Waals surface area contributed by atoms with E-state index in [-0.39, 0.29) is 12.0 Å². The maximum atomic E-state index is 12.6. The predicted molar refractivity (Wildman–Crippen MR) is 89.3 cm³/mol. The number of carbonyl (C=O) groups excluding carboxylic acids is 1.